The van der Waals surface area contributed by atoms with Crippen LogP contribution in [0.25, 0.3) is 10.1 Å². The van der Waals surface area contributed by atoms with Gasteiger partial charge in [-0.3, -0.25) is 4.79 Å². The van der Waals surface area contributed by atoms with Gasteiger partial charge in [0, 0.05) is 10.1 Å². The first-order valence-corrected chi connectivity index (χ1v) is 5.73. The third-order valence-electron chi connectivity index (χ3n) is 2.42. The van der Waals surface area contributed by atoms with E-state index in [0.29, 0.717) is 5.56 Å². The van der Waals surface area contributed by atoms with E-state index in [0.717, 1.165) is 15.6 Å². The fraction of sp³-hybridized carbons (Fsp3) is 0.167. The van der Waals surface area contributed by atoms with Crippen molar-refractivity contribution in [1.29, 1.82) is 5.26 Å². The van der Waals surface area contributed by atoms with Gasteiger partial charge in [0.2, 0.25) is 0 Å². The van der Waals surface area contributed by atoms with Gasteiger partial charge in [-0.05, 0) is 23.1 Å². The molecular weight excluding hydrogens is 238 g/mol. The topological polar surface area (TPSA) is 70.3 Å². The van der Waals surface area contributed by atoms with Crippen molar-refractivity contribution in [1.82, 2.24) is 0 Å². The molecule has 1 aromatic carbocycles. The number of carbonyl (C=O) groups excluding carboxylic acids is 1. The Labute approximate surface area is 102 Å². The highest BCUT2D eigenvalue weighted by Gasteiger charge is 2.13. The number of ether oxygens (including phenoxy) is 1. The minimum atomic E-state index is -0.346. The summed E-state index contributed by atoms with van der Waals surface area (Å²) >= 11 is 1.39. The van der Waals surface area contributed by atoms with Crippen molar-refractivity contribution in [3.05, 3.63) is 28.6 Å². The first-order valence-electron chi connectivity index (χ1n) is 4.85. The zero-order valence-corrected chi connectivity index (χ0v) is 9.87. The molecular formula is C12H9NO3S. The van der Waals surface area contributed by atoms with Gasteiger partial charge in [0.05, 0.1) is 25.2 Å². The van der Waals surface area contributed by atoms with E-state index in [1.807, 2.05) is 11.4 Å². The second kappa shape index (κ2) is 4.44. The summed E-state index contributed by atoms with van der Waals surface area (Å²) in [5, 5.41) is 21.0. The summed E-state index contributed by atoms with van der Waals surface area (Å²) in [6, 6.07) is 5.01. The SMILES string of the molecule is COC(=O)Cc1csc2cc(O)cc(C#N)c12. The van der Waals surface area contributed by atoms with Crippen LogP contribution in [-0.4, -0.2) is 18.2 Å². The number of nitrogens with zero attached hydrogens (tertiary/aromatic N) is 1. The van der Waals surface area contributed by atoms with E-state index < -0.39 is 0 Å². The molecule has 0 fully saturated rings. The summed E-state index contributed by atoms with van der Waals surface area (Å²) in [5.74, 6) is -0.290. The number of carbonyl (C=O) groups is 1. The summed E-state index contributed by atoms with van der Waals surface area (Å²) < 4.78 is 5.40. The van der Waals surface area contributed by atoms with Crippen LogP contribution >= 0.6 is 11.3 Å². The fourth-order valence-corrected chi connectivity index (χ4v) is 2.68. The van der Waals surface area contributed by atoms with Crippen LogP contribution in [-0.2, 0) is 16.0 Å². The first kappa shape index (κ1) is 11.4. The molecule has 0 saturated heterocycles. The van der Waals surface area contributed by atoms with E-state index in [-0.39, 0.29) is 18.1 Å². The molecule has 2 aromatic rings. The predicted octanol–water partition coefficient (Wildman–Crippen LogP) is 2.19. The van der Waals surface area contributed by atoms with Gasteiger partial charge < -0.3 is 9.84 Å². The third-order valence-corrected chi connectivity index (χ3v) is 3.40. The van der Waals surface area contributed by atoms with Crippen molar-refractivity contribution in [3.8, 4) is 11.8 Å². The zero-order chi connectivity index (χ0) is 12.4. The molecule has 0 spiro atoms. The highest BCUT2D eigenvalue weighted by Crippen LogP contribution is 2.32. The van der Waals surface area contributed by atoms with Gasteiger partial charge >= 0.3 is 5.97 Å². The number of thiophene rings is 1. The molecule has 0 radical (unpaired) electrons. The third kappa shape index (κ3) is 2.08. The molecule has 5 heteroatoms. The van der Waals surface area contributed by atoms with Crippen LogP contribution in [0.1, 0.15) is 11.1 Å². The number of nitriles is 1. The number of benzene rings is 1. The fourth-order valence-electron chi connectivity index (χ4n) is 1.66. The van der Waals surface area contributed by atoms with Crippen LogP contribution in [0.15, 0.2) is 17.5 Å². The van der Waals surface area contributed by atoms with Crippen molar-refractivity contribution < 1.29 is 14.6 Å². The quantitative estimate of drug-likeness (QED) is 0.826. The second-order valence-corrected chi connectivity index (χ2v) is 4.40. The van der Waals surface area contributed by atoms with Gasteiger partial charge in [-0.25, -0.2) is 0 Å². The Hall–Kier alpha value is -2.06. The number of fused-ring (bicyclic) bond motifs is 1. The summed E-state index contributed by atoms with van der Waals surface area (Å²) in [5.41, 5.74) is 1.13. The molecule has 1 aromatic heterocycles. The van der Waals surface area contributed by atoms with E-state index in [1.165, 1.54) is 24.5 Å². The predicted molar refractivity (Wildman–Crippen MR) is 63.9 cm³/mol. The number of hydrogen-bond donors (Lipinski definition) is 1. The Bertz CT molecular complexity index is 624. The van der Waals surface area contributed by atoms with Crippen LogP contribution in [0, 0.1) is 11.3 Å². The normalized spacial score (nSPS) is 10.1. The van der Waals surface area contributed by atoms with Crippen LogP contribution < -0.4 is 0 Å². The molecule has 0 bridgehead atoms. The molecule has 0 aliphatic carbocycles. The molecule has 0 aliphatic heterocycles. The molecule has 0 saturated carbocycles. The van der Waals surface area contributed by atoms with E-state index >= 15 is 0 Å². The van der Waals surface area contributed by atoms with E-state index in [2.05, 4.69) is 4.74 Å². The van der Waals surface area contributed by atoms with Crippen molar-refractivity contribution >= 4 is 27.4 Å². The number of rotatable bonds is 2. The molecule has 1 heterocycles. The molecule has 0 aliphatic rings. The molecule has 0 unspecified atom stereocenters. The molecule has 1 N–H and O–H groups in total. The lowest BCUT2D eigenvalue weighted by Crippen LogP contribution is -2.03. The second-order valence-electron chi connectivity index (χ2n) is 3.49. The monoisotopic (exact) mass is 247 g/mol. The van der Waals surface area contributed by atoms with Crippen LogP contribution in [0.2, 0.25) is 0 Å². The maximum Gasteiger partial charge on any atom is 0.310 e. The summed E-state index contributed by atoms with van der Waals surface area (Å²) in [4.78, 5) is 11.2. The van der Waals surface area contributed by atoms with Gasteiger partial charge in [0.15, 0.2) is 0 Å². The molecule has 0 amide bonds. The van der Waals surface area contributed by atoms with Crippen LogP contribution in [0.3, 0.4) is 0 Å². The van der Waals surface area contributed by atoms with Gasteiger partial charge in [0.1, 0.15) is 5.75 Å². The molecule has 2 rings (SSSR count). The number of hydrogen-bond acceptors (Lipinski definition) is 5. The number of aromatic hydroxyl groups is 1. The summed E-state index contributed by atoms with van der Waals surface area (Å²) in [6.45, 7) is 0. The average molecular weight is 247 g/mol. The number of esters is 1. The Morgan fingerprint density at radius 1 is 1.59 bits per heavy atom. The lowest BCUT2D eigenvalue weighted by atomic mass is 10.0. The van der Waals surface area contributed by atoms with E-state index in [9.17, 15) is 9.90 Å². The lowest BCUT2D eigenvalue weighted by molar-refractivity contribution is -0.139. The Kier molecular flexibility index (Phi) is 2.98. The minimum absolute atomic E-state index is 0.0560. The van der Waals surface area contributed by atoms with Gasteiger partial charge in [-0.15, -0.1) is 11.3 Å². The summed E-state index contributed by atoms with van der Waals surface area (Å²) in [6.07, 6.45) is 0.135. The maximum absolute atomic E-state index is 11.2. The smallest absolute Gasteiger partial charge is 0.310 e. The molecule has 17 heavy (non-hydrogen) atoms. The number of phenolic OH excluding ortho intramolecular Hbond substituents is 1. The standard InChI is InChI=1S/C12H9NO3S/c1-16-11(15)3-8-6-17-10-4-9(14)2-7(5-13)12(8)10/h2,4,6,14H,3H2,1H3. The average Bonchev–Trinajstić information content (AvgIpc) is 2.71. The van der Waals surface area contributed by atoms with Crippen molar-refractivity contribution in [3.63, 3.8) is 0 Å². The van der Waals surface area contributed by atoms with Gasteiger partial charge in [-0.1, -0.05) is 0 Å². The maximum atomic E-state index is 11.2. The number of phenols is 1. The summed E-state index contributed by atoms with van der Waals surface area (Å²) in [7, 11) is 1.33. The van der Waals surface area contributed by atoms with Gasteiger partial charge in [0.25, 0.3) is 0 Å². The molecule has 4 nitrogen and oxygen atoms in total. The van der Waals surface area contributed by atoms with Crippen LogP contribution in [0.4, 0.5) is 0 Å². The van der Waals surface area contributed by atoms with Crippen molar-refractivity contribution in [2.75, 3.05) is 7.11 Å². The minimum Gasteiger partial charge on any atom is -0.508 e. The Morgan fingerprint density at radius 3 is 3.00 bits per heavy atom. The lowest BCUT2D eigenvalue weighted by Gasteiger charge is -2.01. The largest absolute Gasteiger partial charge is 0.508 e. The van der Waals surface area contributed by atoms with E-state index in [4.69, 9.17) is 5.26 Å². The first-order chi connectivity index (χ1) is 8.15. The highest BCUT2D eigenvalue weighted by molar-refractivity contribution is 7.17. The Balaban J connectivity index is 2.59. The van der Waals surface area contributed by atoms with Crippen molar-refractivity contribution in [2.45, 2.75) is 6.42 Å². The van der Waals surface area contributed by atoms with Gasteiger partial charge in [-0.2, -0.15) is 5.26 Å². The number of methoxy groups -OCH3 is 1. The van der Waals surface area contributed by atoms with Crippen LogP contribution in [0.5, 0.6) is 5.75 Å². The molecule has 0 atom stereocenters. The zero-order valence-electron chi connectivity index (χ0n) is 9.06. The van der Waals surface area contributed by atoms with E-state index in [1.54, 1.807) is 6.07 Å². The molecule has 86 valence electrons. The highest BCUT2D eigenvalue weighted by atomic mass is 32.1. The Morgan fingerprint density at radius 2 is 2.35 bits per heavy atom. The van der Waals surface area contributed by atoms with Crippen molar-refractivity contribution in [2.24, 2.45) is 0 Å².